The summed E-state index contributed by atoms with van der Waals surface area (Å²) in [6.45, 7) is 2.87. The molecule has 158 valence electrons. The van der Waals surface area contributed by atoms with Gasteiger partial charge in [0.25, 0.3) is 17.7 Å². The standard InChI is InChI=1S/C22H16F2N2O5/c1-10(11(2)27)25-17-9-16(15(24)8-18(17)31-22(5-6-22)21(25)30)26-19(28)13-4-3-12(23)7-14(13)20(26)29/h3-4,7-10H,5-6H2,1-2H3. The minimum Gasteiger partial charge on any atom is -0.475 e. The van der Waals surface area contributed by atoms with Crippen molar-refractivity contribution in [2.45, 2.75) is 38.3 Å². The molecule has 1 spiro atoms. The zero-order chi connectivity index (χ0) is 22.2. The van der Waals surface area contributed by atoms with Crippen molar-refractivity contribution in [1.82, 2.24) is 0 Å². The van der Waals surface area contributed by atoms with Gasteiger partial charge in [-0.15, -0.1) is 0 Å². The van der Waals surface area contributed by atoms with Crippen LogP contribution in [0.4, 0.5) is 20.2 Å². The molecule has 2 heterocycles. The van der Waals surface area contributed by atoms with E-state index < -0.39 is 46.7 Å². The monoisotopic (exact) mass is 426 g/mol. The first-order chi connectivity index (χ1) is 14.6. The molecule has 1 fully saturated rings. The molecule has 0 radical (unpaired) electrons. The van der Waals surface area contributed by atoms with Crippen LogP contribution >= 0.6 is 0 Å². The summed E-state index contributed by atoms with van der Waals surface area (Å²) in [5.74, 6) is -3.99. The largest absolute Gasteiger partial charge is 0.475 e. The lowest BCUT2D eigenvalue weighted by Gasteiger charge is -2.38. The van der Waals surface area contributed by atoms with E-state index in [4.69, 9.17) is 4.74 Å². The van der Waals surface area contributed by atoms with Gasteiger partial charge in [-0.05, 0) is 38.1 Å². The molecule has 3 aliphatic rings. The maximum atomic E-state index is 15.1. The number of amides is 3. The predicted octanol–water partition coefficient (Wildman–Crippen LogP) is 3.00. The van der Waals surface area contributed by atoms with Gasteiger partial charge >= 0.3 is 0 Å². The number of imide groups is 1. The van der Waals surface area contributed by atoms with Crippen LogP contribution in [0, 0.1) is 11.6 Å². The Morgan fingerprint density at radius 3 is 2.35 bits per heavy atom. The number of carbonyl (C=O) groups excluding carboxylic acids is 4. The molecule has 1 unspecified atom stereocenters. The normalized spacial score (nSPS) is 19.3. The fourth-order valence-electron chi connectivity index (χ4n) is 3.98. The van der Waals surface area contributed by atoms with E-state index in [0.717, 1.165) is 30.3 Å². The van der Waals surface area contributed by atoms with Crippen molar-refractivity contribution in [2.75, 3.05) is 9.80 Å². The van der Waals surface area contributed by atoms with Crippen LogP contribution in [-0.2, 0) is 9.59 Å². The Morgan fingerprint density at radius 2 is 1.71 bits per heavy atom. The number of rotatable bonds is 3. The average Bonchev–Trinajstić information content (AvgIpc) is 3.45. The Balaban J connectivity index is 1.65. The highest BCUT2D eigenvalue weighted by Gasteiger charge is 2.59. The second-order valence-corrected chi connectivity index (χ2v) is 7.97. The molecule has 2 aromatic rings. The molecule has 2 aliphatic heterocycles. The Labute approximate surface area is 175 Å². The quantitative estimate of drug-likeness (QED) is 0.705. The van der Waals surface area contributed by atoms with Gasteiger partial charge in [-0.1, -0.05) is 0 Å². The third-order valence-electron chi connectivity index (χ3n) is 5.97. The molecule has 7 nitrogen and oxygen atoms in total. The van der Waals surface area contributed by atoms with Crippen LogP contribution in [-0.4, -0.2) is 35.1 Å². The molecule has 1 atom stereocenters. The van der Waals surface area contributed by atoms with Gasteiger partial charge in [0, 0.05) is 18.9 Å². The number of carbonyl (C=O) groups is 4. The van der Waals surface area contributed by atoms with Crippen molar-refractivity contribution < 1.29 is 32.7 Å². The fourth-order valence-corrected chi connectivity index (χ4v) is 3.98. The third kappa shape index (κ3) is 2.62. The van der Waals surface area contributed by atoms with Gasteiger partial charge in [-0.25, -0.2) is 13.7 Å². The van der Waals surface area contributed by atoms with Crippen LogP contribution in [0.15, 0.2) is 30.3 Å². The van der Waals surface area contributed by atoms with Crippen molar-refractivity contribution in [2.24, 2.45) is 0 Å². The van der Waals surface area contributed by atoms with Crippen LogP contribution in [0.3, 0.4) is 0 Å². The van der Waals surface area contributed by atoms with Crippen molar-refractivity contribution in [1.29, 1.82) is 0 Å². The summed E-state index contributed by atoms with van der Waals surface area (Å²) >= 11 is 0. The zero-order valence-corrected chi connectivity index (χ0v) is 16.6. The summed E-state index contributed by atoms with van der Waals surface area (Å²) in [7, 11) is 0. The summed E-state index contributed by atoms with van der Waals surface area (Å²) in [6.07, 6.45) is 0.888. The van der Waals surface area contributed by atoms with Gasteiger partial charge < -0.3 is 4.74 Å². The van der Waals surface area contributed by atoms with Crippen LogP contribution in [0.5, 0.6) is 5.75 Å². The van der Waals surface area contributed by atoms with Crippen molar-refractivity contribution >= 4 is 34.9 Å². The first kappa shape index (κ1) is 19.3. The molecule has 3 amide bonds. The number of benzene rings is 2. The SMILES string of the molecule is CC(=O)C(C)N1C(=O)C2(CC2)Oc2cc(F)c(N3C(=O)c4ccc(F)cc4C3=O)cc21. The first-order valence-corrected chi connectivity index (χ1v) is 9.69. The van der Waals surface area contributed by atoms with Crippen molar-refractivity contribution in [3.8, 4) is 5.75 Å². The fraction of sp³-hybridized carbons (Fsp3) is 0.273. The van der Waals surface area contributed by atoms with Crippen LogP contribution < -0.4 is 14.5 Å². The molecule has 9 heteroatoms. The molecular formula is C22H16F2N2O5. The Morgan fingerprint density at radius 1 is 1.03 bits per heavy atom. The molecular weight excluding hydrogens is 410 g/mol. The highest BCUT2D eigenvalue weighted by atomic mass is 19.1. The second-order valence-electron chi connectivity index (χ2n) is 7.97. The molecule has 0 aromatic heterocycles. The van der Waals surface area contributed by atoms with Crippen molar-refractivity contribution in [3.05, 3.63) is 53.1 Å². The van der Waals surface area contributed by atoms with E-state index in [0.29, 0.717) is 17.7 Å². The predicted molar refractivity (Wildman–Crippen MR) is 104 cm³/mol. The van der Waals surface area contributed by atoms with E-state index in [1.807, 2.05) is 0 Å². The number of ether oxygens (including phenoxy) is 1. The van der Waals surface area contributed by atoms with Crippen LogP contribution in [0.2, 0.25) is 0 Å². The number of anilines is 2. The highest BCUT2D eigenvalue weighted by Crippen LogP contribution is 2.51. The minimum atomic E-state index is -1.11. The maximum absolute atomic E-state index is 15.1. The zero-order valence-electron chi connectivity index (χ0n) is 16.6. The summed E-state index contributed by atoms with van der Waals surface area (Å²) < 4.78 is 34.4. The van der Waals surface area contributed by atoms with Gasteiger partial charge in [-0.2, -0.15) is 0 Å². The first-order valence-electron chi connectivity index (χ1n) is 9.69. The lowest BCUT2D eigenvalue weighted by atomic mass is 10.1. The van der Waals surface area contributed by atoms with E-state index in [-0.39, 0.29) is 28.3 Å². The Bertz CT molecular complexity index is 1220. The number of Topliss-reactive ketones (excluding diaryl/α,β-unsaturated/α-hetero) is 1. The lowest BCUT2D eigenvalue weighted by Crippen LogP contribution is -2.53. The van der Waals surface area contributed by atoms with Gasteiger partial charge in [-0.3, -0.25) is 24.1 Å². The molecule has 2 aromatic carbocycles. The number of nitrogens with zero attached hydrogens (tertiary/aromatic N) is 2. The van der Waals surface area contributed by atoms with E-state index >= 15 is 4.39 Å². The number of ketones is 1. The van der Waals surface area contributed by atoms with Gasteiger partial charge in [0.1, 0.15) is 11.6 Å². The molecule has 5 rings (SSSR count). The Kier molecular flexibility index (Phi) is 3.87. The Hall–Kier alpha value is -3.62. The molecule has 0 bridgehead atoms. The molecule has 31 heavy (non-hydrogen) atoms. The van der Waals surface area contributed by atoms with E-state index in [9.17, 15) is 23.6 Å². The number of fused-ring (bicyclic) bond motifs is 2. The molecule has 1 saturated carbocycles. The highest BCUT2D eigenvalue weighted by molar-refractivity contribution is 6.34. The minimum absolute atomic E-state index is 0.0501. The van der Waals surface area contributed by atoms with Gasteiger partial charge in [0.15, 0.2) is 17.2 Å². The second kappa shape index (κ2) is 6.19. The van der Waals surface area contributed by atoms with E-state index in [1.165, 1.54) is 11.8 Å². The molecule has 0 N–H and O–H groups in total. The number of hydrogen-bond donors (Lipinski definition) is 0. The van der Waals surface area contributed by atoms with Gasteiger partial charge in [0.05, 0.1) is 28.5 Å². The maximum Gasteiger partial charge on any atom is 0.271 e. The number of halogens is 2. The average molecular weight is 426 g/mol. The summed E-state index contributed by atoms with van der Waals surface area (Å²) in [5.41, 5.74) is -1.67. The molecule has 1 aliphatic carbocycles. The van der Waals surface area contributed by atoms with Crippen LogP contribution in [0.25, 0.3) is 0 Å². The van der Waals surface area contributed by atoms with E-state index in [2.05, 4.69) is 0 Å². The smallest absolute Gasteiger partial charge is 0.271 e. The summed E-state index contributed by atoms with van der Waals surface area (Å²) in [4.78, 5) is 52.5. The summed E-state index contributed by atoms with van der Waals surface area (Å²) in [5, 5.41) is 0. The topological polar surface area (TPSA) is 84.0 Å². The van der Waals surface area contributed by atoms with E-state index in [1.54, 1.807) is 6.92 Å². The summed E-state index contributed by atoms with van der Waals surface area (Å²) in [6, 6.07) is 4.40. The molecule has 0 saturated heterocycles. The third-order valence-corrected chi connectivity index (χ3v) is 5.97. The lowest BCUT2D eigenvalue weighted by molar-refractivity contribution is -0.131. The number of hydrogen-bond acceptors (Lipinski definition) is 5. The van der Waals surface area contributed by atoms with Gasteiger partial charge in [0.2, 0.25) is 0 Å². The van der Waals surface area contributed by atoms with Crippen LogP contribution in [0.1, 0.15) is 47.4 Å². The van der Waals surface area contributed by atoms with Crippen molar-refractivity contribution in [3.63, 3.8) is 0 Å².